The summed E-state index contributed by atoms with van der Waals surface area (Å²) in [6, 6.07) is 16.8. The van der Waals surface area contributed by atoms with Crippen molar-refractivity contribution in [3.8, 4) is 0 Å². The number of anilines is 2. The number of tetrazole rings is 1. The van der Waals surface area contributed by atoms with Crippen molar-refractivity contribution in [2.45, 2.75) is 51.5 Å². The van der Waals surface area contributed by atoms with Crippen LogP contribution in [0.5, 0.6) is 0 Å². The molecule has 4 amide bonds. The standard InChI is InChI=1S/C35H36FN9O3/c1-21-6-4-10-27-32(26-9-2-3-11-28(26)36)38-29(18-31(46)44-19-22-12-13-23(20-44)15-14-22)34(47)45(33(21)27)41-35(48)37-25-8-5-7-24(16-25)17-30-39-42-43-40-30/h2-11,16,22-23,29H,12-15,17-20H2,1H3,(H2,37,41,48)(H,39,40,42,43). The van der Waals surface area contributed by atoms with Gasteiger partial charge in [0, 0.05) is 36.3 Å². The zero-order chi connectivity index (χ0) is 33.2. The minimum absolute atomic E-state index is 0.172. The van der Waals surface area contributed by atoms with E-state index in [1.807, 2.05) is 11.0 Å². The molecule has 8 rings (SSSR count). The highest BCUT2D eigenvalue weighted by atomic mass is 19.1. The lowest BCUT2D eigenvalue weighted by Gasteiger charge is -2.28. The van der Waals surface area contributed by atoms with Crippen molar-refractivity contribution in [1.29, 1.82) is 0 Å². The molecule has 1 saturated carbocycles. The summed E-state index contributed by atoms with van der Waals surface area (Å²) in [6.07, 6.45) is 4.61. The van der Waals surface area contributed by atoms with Crippen LogP contribution in [0.15, 0.2) is 71.7 Å². The molecule has 4 heterocycles. The smallest absolute Gasteiger partial charge is 0.338 e. The minimum atomic E-state index is -1.21. The lowest BCUT2D eigenvalue weighted by Crippen LogP contribution is -2.52. The van der Waals surface area contributed by atoms with Crippen LogP contribution in [0.4, 0.5) is 20.6 Å². The van der Waals surface area contributed by atoms with Crippen molar-refractivity contribution in [2.75, 3.05) is 23.4 Å². The average Bonchev–Trinajstić information content (AvgIpc) is 3.34. The van der Waals surface area contributed by atoms with Crippen LogP contribution in [0.3, 0.4) is 0 Å². The summed E-state index contributed by atoms with van der Waals surface area (Å²) in [7, 11) is 0. The van der Waals surface area contributed by atoms with Crippen molar-refractivity contribution in [3.63, 3.8) is 0 Å². The number of aryl methyl sites for hydroxylation is 1. The summed E-state index contributed by atoms with van der Waals surface area (Å²) in [4.78, 5) is 48.6. The number of aliphatic imine (C=N–C) groups is 1. The van der Waals surface area contributed by atoms with Crippen LogP contribution >= 0.6 is 0 Å². The van der Waals surface area contributed by atoms with Crippen LogP contribution in [0, 0.1) is 24.6 Å². The lowest BCUT2D eigenvalue weighted by atomic mass is 9.84. The van der Waals surface area contributed by atoms with Crippen LogP contribution in [-0.4, -0.2) is 68.2 Å². The highest BCUT2D eigenvalue weighted by Gasteiger charge is 2.38. The predicted octanol–water partition coefficient (Wildman–Crippen LogP) is 4.57. The Morgan fingerprint density at radius 3 is 2.42 bits per heavy atom. The molecule has 1 unspecified atom stereocenters. The summed E-state index contributed by atoms with van der Waals surface area (Å²) < 4.78 is 15.4. The monoisotopic (exact) mass is 649 g/mol. The van der Waals surface area contributed by atoms with Gasteiger partial charge in [0.15, 0.2) is 5.82 Å². The first-order chi connectivity index (χ1) is 23.3. The third kappa shape index (κ3) is 6.53. The van der Waals surface area contributed by atoms with E-state index in [-0.39, 0.29) is 23.6 Å². The Labute approximate surface area is 276 Å². The van der Waals surface area contributed by atoms with Gasteiger partial charge in [-0.3, -0.25) is 14.6 Å². The Kier molecular flexibility index (Phi) is 8.66. The summed E-state index contributed by atoms with van der Waals surface area (Å²) in [6.45, 7) is 3.13. The van der Waals surface area contributed by atoms with E-state index in [2.05, 4.69) is 31.4 Å². The molecule has 0 spiro atoms. The zero-order valence-electron chi connectivity index (χ0n) is 26.5. The molecule has 13 heteroatoms. The Bertz CT molecular complexity index is 1860. The number of nitrogens with one attached hydrogen (secondary N) is 3. The van der Waals surface area contributed by atoms with Crippen LogP contribution in [0.25, 0.3) is 0 Å². The second-order valence-corrected chi connectivity index (χ2v) is 12.8. The van der Waals surface area contributed by atoms with E-state index in [4.69, 9.17) is 4.99 Å². The van der Waals surface area contributed by atoms with Crippen molar-refractivity contribution in [1.82, 2.24) is 30.9 Å². The summed E-state index contributed by atoms with van der Waals surface area (Å²) in [5.41, 5.74) is 5.95. The molecule has 4 aromatic rings. The lowest BCUT2D eigenvalue weighted by molar-refractivity contribution is -0.134. The van der Waals surface area contributed by atoms with E-state index in [1.165, 1.54) is 6.07 Å². The third-order valence-corrected chi connectivity index (χ3v) is 9.43. The van der Waals surface area contributed by atoms with Gasteiger partial charge in [-0.2, -0.15) is 5.21 Å². The average molecular weight is 650 g/mol. The number of carbonyl (C=O) groups excluding carboxylic acids is 3. The van der Waals surface area contributed by atoms with Crippen molar-refractivity contribution < 1.29 is 18.8 Å². The number of hydrazine groups is 1. The van der Waals surface area contributed by atoms with Crippen molar-refractivity contribution in [3.05, 3.63) is 101 Å². The second-order valence-electron chi connectivity index (χ2n) is 12.8. The second kappa shape index (κ2) is 13.3. The van der Waals surface area contributed by atoms with Gasteiger partial charge in [-0.1, -0.05) is 47.7 Å². The van der Waals surface area contributed by atoms with Crippen LogP contribution < -0.4 is 15.8 Å². The molecule has 0 radical (unpaired) electrons. The number of carbonyl (C=O) groups is 3. The first kappa shape index (κ1) is 31.2. The number of halogens is 1. The highest BCUT2D eigenvalue weighted by molar-refractivity contribution is 6.21. The first-order valence-corrected chi connectivity index (χ1v) is 16.3. The van der Waals surface area contributed by atoms with Gasteiger partial charge < -0.3 is 10.2 Å². The number of urea groups is 1. The van der Waals surface area contributed by atoms with Gasteiger partial charge in [-0.15, -0.1) is 10.2 Å². The van der Waals surface area contributed by atoms with Crippen LogP contribution in [-0.2, 0) is 16.0 Å². The molecule has 3 aliphatic heterocycles. The SMILES string of the molecule is Cc1cccc2c1N(NC(=O)Nc1cccc(Cc3nn[nH]n3)c1)C(=O)C(CC(=O)N1CC3CCC(CC3)C1)N=C2c1ccccc1F. The number of benzene rings is 3. The number of amides is 4. The highest BCUT2D eigenvalue weighted by Crippen LogP contribution is 2.35. The maximum atomic E-state index is 15.4. The number of hydrogen-bond acceptors (Lipinski definition) is 7. The van der Waals surface area contributed by atoms with E-state index in [0.29, 0.717) is 59.7 Å². The molecule has 2 bridgehead atoms. The van der Waals surface area contributed by atoms with E-state index in [0.717, 1.165) is 36.3 Å². The molecule has 3 N–H and O–H groups in total. The van der Waals surface area contributed by atoms with Gasteiger partial charge >= 0.3 is 6.03 Å². The number of nitrogens with zero attached hydrogens (tertiary/aromatic N) is 6. The summed E-state index contributed by atoms with van der Waals surface area (Å²) in [5.74, 6) is 0.130. The fourth-order valence-corrected chi connectivity index (χ4v) is 7.05. The Morgan fingerprint density at radius 1 is 0.958 bits per heavy atom. The van der Waals surface area contributed by atoms with Crippen LogP contribution in [0.2, 0.25) is 0 Å². The Hall–Kier alpha value is -5.46. The quantitative estimate of drug-likeness (QED) is 0.267. The maximum Gasteiger partial charge on any atom is 0.338 e. The molecule has 1 aliphatic carbocycles. The van der Waals surface area contributed by atoms with Gasteiger partial charge in [0.05, 0.1) is 17.8 Å². The van der Waals surface area contributed by atoms with E-state index in [9.17, 15) is 14.4 Å². The molecule has 4 aliphatic rings. The molecule has 12 nitrogen and oxygen atoms in total. The third-order valence-electron chi connectivity index (χ3n) is 9.43. The molecule has 48 heavy (non-hydrogen) atoms. The summed E-state index contributed by atoms with van der Waals surface area (Å²) in [5, 5.41) is 17.9. The van der Waals surface area contributed by atoms with E-state index < -0.39 is 23.8 Å². The zero-order valence-corrected chi connectivity index (χ0v) is 26.5. The topological polar surface area (TPSA) is 149 Å². The molecule has 1 atom stereocenters. The van der Waals surface area contributed by atoms with Gasteiger partial charge in [0.2, 0.25) is 5.91 Å². The predicted molar refractivity (Wildman–Crippen MR) is 177 cm³/mol. The normalized spacial score (nSPS) is 20.4. The molecule has 1 aromatic heterocycles. The molecule has 3 aromatic carbocycles. The number of aromatic nitrogens is 4. The van der Waals surface area contributed by atoms with Gasteiger partial charge in [-0.25, -0.2) is 19.6 Å². The summed E-state index contributed by atoms with van der Waals surface area (Å²) >= 11 is 0. The maximum absolute atomic E-state index is 15.4. The van der Waals surface area contributed by atoms with Gasteiger partial charge in [-0.05, 0) is 79.8 Å². The number of H-pyrrole nitrogens is 1. The van der Waals surface area contributed by atoms with E-state index >= 15 is 4.39 Å². The number of rotatable bonds is 7. The number of fused-ring (bicyclic) bond motifs is 5. The largest absolute Gasteiger partial charge is 0.342 e. The van der Waals surface area contributed by atoms with E-state index in [1.54, 1.807) is 61.5 Å². The Balaban J connectivity index is 1.21. The molecule has 2 saturated heterocycles. The number of para-hydroxylation sites is 1. The van der Waals surface area contributed by atoms with Gasteiger partial charge in [0.1, 0.15) is 11.9 Å². The van der Waals surface area contributed by atoms with Gasteiger partial charge in [0.25, 0.3) is 5.91 Å². The number of aromatic amines is 1. The Morgan fingerprint density at radius 2 is 1.69 bits per heavy atom. The fourth-order valence-electron chi connectivity index (χ4n) is 7.05. The molecular weight excluding hydrogens is 613 g/mol. The number of hydrogen-bond donors (Lipinski definition) is 3. The fraction of sp³-hybridized carbons (Fsp3) is 0.343. The molecule has 3 fully saturated rings. The van der Waals surface area contributed by atoms with Crippen LogP contribution in [0.1, 0.15) is 60.2 Å². The molecule has 246 valence electrons. The van der Waals surface area contributed by atoms with Crippen molar-refractivity contribution in [2.24, 2.45) is 16.8 Å². The first-order valence-electron chi connectivity index (χ1n) is 16.3. The van der Waals surface area contributed by atoms with Crippen molar-refractivity contribution >= 4 is 34.9 Å². The minimum Gasteiger partial charge on any atom is -0.342 e. The number of benzodiazepines with no additional fused rings is 1. The molecular formula is C35H36FN9O3.